The average molecular weight is 375 g/mol. The van der Waals surface area contributed by atoms with E-state index in [4.69, 9.17) is 4.42 Å². The molecule has 1 fully saturated rings. The maximum Gasteiger partial charge on any atom is 0.298 e. The van der Waals surface area contributed by atoms with Gasteiger partial charge < -0.3 is 9.32 Å². The largest absolute Gasteiger partial charge is 0.423 e. The maximum absolute atomic E-state index is 12.9. The van der Waals surface area contributed by atoms with E-state index in [1.54, 1.807) is 17.4 Å². The molecule has 2 aromatic heterocycles. The smallest absolute Gasteiger partial charge is 0.298 e. The van der Waals surface area contributed by atoms with Crippen LogP contribution >= 0.6 is 0 Å². The fourth-order valence-electron chi connectivity index (χ4n) is 3.88. The van der Waals surface area contributed by atoms with E-state index in [1.807, 2.05) is 36.4 Å². The van der Waals surface area contributed by atoms with E-state index in [9.17, 15) is 4.79 Å². The molecule has 1 amide bonds. The van der Waals surface area contributed by atoms with Crippen LogP contribution in [0.3, 0.4) is 0 Å². The van der Waals surface area contributed by atoms with Crippen molar-refractivity contribution in [2.75, 3.05) is 24.5 Å². The lowest BCUT2D eigenvalue weighted by Gasteiger charge is -2.31. The van der Waals surface area contributed by atoms with Gasteiger partial charge in [0.25, 0.3) is 6.01 Å². The molecule has 28 heavy (non-hydrogen) atoms. The molecule has 0 N–H and O–H groups in total. The Balaban J connectivity index is 1.23. The summed E-state index contributed by atoms with van der Waals surface area (Å²) in [4.78, 5) is 23.7. The second-order valence-corrected chi connectivity index (χ2v) is 7.23. The number of pyridine rings is 1. The molecule has 0 bridgehead atoms. The predicted molar refractivity (Wildman–Crippen MR) is 106 cm³/mol. The molecule has 1 saturated heterocycles. The second kappa shape index (κ2) is 7.07. The topological polar surface area (TPSA) is 74.8 Å². The number of nitrogens with zero attached hydrogens (tertiary/aromatic N) is 5. The highest BCUT2D eigenvalue weighted by molar-refractivity contribution is 6.02. The molecule has 0 atom stereocenters. The minimum absolute atomic E-state index is 0.00220. The van der Waals surface area contributed by atoms with Crippen LogP contribution in [0.15, 0.2) is 58.3 Å². The summed E-state index contributed by atoms with van der Waals surface area (Å²) in [5.74, 6) is 0.119. The van der Waals surface area contributed by atoms with Crippen LogP contribution in [0.5, 0.6) is 0 Å². The van der Waals surface area contributed by atoms with Crippen LogP contribution in [0, 0.1) is 5.92 Å². The Hall–Kier alpha value is -3.22. The van der Waals surface area contributed by atoms with Crippen molar-refractivity contribution >= 4 is 28.7 Å². The van der Waals surface area contributed by atoms with Gasteiger partial charge in [0.05, 0.1) is 12.3 Å². The standard InChI is InChI=1S/C21H21N5O2/c27-20(26-13-9-17(24-26)16-4-3-10-22-14-16)15-7-11-25(12-8-15)21-23-18-5-1-2-6-19(18)28-21/h1-6,10,14-15H,7-9,11-13H2. The SMILES string of the molecule is O=C(C1CCN(c2nc3ccccc3o2)CC1)N1CCC(c2cccnc2)=N1. The number of hydrazone groups is 1. The van der Waals surface area contributed by atoms with Gasteiger partial charge in [-0.2, -0.15) is 10.1 Å². The third kappa shape index (κ3) is 3.13. The van der Waals surface area contributed by atoms with Crippen molar-refractivity contribution in [2.24, 2.45) is 11.0 Å². The molecule has 4 heterocycles. The number of carbonyl (C=O) groups is 1. The number of rotatable bonds is 3. The number of carbonyl (C=O) groups excluding carboxylic acids is 1. The zero-order valence-electron chi connectivity index (χ0n) is 15.5. The van der Waals surface area contributed by atoms with Crippen LogP contribution in [0.2, 0.25) is 0 Å². The van der Waals surface area contributed by atoms with Gasteiger partial charge in [0.2, 0.25) is 5.91 Å². The van der Waals surface area contributed by atoms with Gasteiger partial charge in [0, 0.05) is 43.4 Å². The van der Waals surface area contributed by atoms with Gasteiger partial charge in [-0.05, 0) is 31.0 Å². The van der Waals surface area contributed by atoms with Crippen molar-refractivity contribution in [2.45, 2.75) is 19.3 Å². The Morgan fingerprint density at radius 2 is 1.93 bits per heavy atom. The van der Waals surface area contributed by atoms with Crippen LogP contribution in [-0.4, -0.2) is 46.2 Å². The number of oxazole rings is 1. The fraction of sp³-hybridized carbons (Fsp3) is 0.333. The third-order valence-corrected chi connectivity index (χ3v) is 5.45. The third-order valence-electron chi connectivity index (χ3n) is 5.45. The number of fused-ring (bicyclic) bond motifs is 1. The van der Waals surface area contributed by atoms with Crippen molar-refractivity contribution < 1.29 is 9.21 Å². The molecule has 5 rings (SSSR count). The first-order chi connectivity index (χ1) is 13.8. The summed E-state index contributed by atoms with van der Waals surface area (Å²) >= 11 is 0. The molecule has 2 aliphatic rings. The van der Waals surface area contributed by atoms with E-state index >= 15 is 0 Å². The highest BCUT2D eigenvalue weighted by Crippen LogP contribution is 2.28. The Kier molecular flexibility index (Phi) is 4.27. The van der Waals surface area contributed by atoms with E-state index in [2.05, 4.69) is 20.0 Å². The molecule has 0 saturated carbocycles. The van der Waals surface area contributed by atoms with Crippen molar-refractivity contribution in [3.63, 3.8) is 0 Å². The van der Waals surface area contributed by atoms with Gasteiger partial charge in [0.15, 0.2) is 5.58 Å². The summed E-state index contributed by atoms with van der Waals surface area (Å²) in [7, 11) is 0. The normalized spacial score (nSPS) is 17.9. The molecular weight excluding hydrogens is 354 g/mol. The van der Waals surface area contributed by atoms with Gasteiger partial charge in [-0.3, -0.25) is 9.78 Å². The summed E-state index contributed by atoms with van der Waals surface area (Å²) < 4.78 is 5.86. The fourth-order valence-corrected chi connectivity index (χ4v) is 3.88. The summed E-state index contributed by atoms with van der Waals surface area (Å²) in [6.07, 6.45) is 5.88. The molecule has 0 unspecified atom stereocenters. The van der Waals surface area contributed by atoms with E-state index in [0.717, 1.165) is 54.7 Å². The van der Waals surface area contributed by atoms with Crippen molar-refractivity contribution in [3.8, 4) is 0 Å². The molecule has 142 valence electrons. The summed E-state index contributed by atoms with van der Waals surface area (Å²) in [5, 5.41) is 6.20. The number of piperidine rings is 1. The molecule has 0 radical (unpaired) electrons. The van der Waals surface area contributed by atoms with Gasteiger partial charge in [-0.25, -0.2) is 5.01 Å². The molecule has 7 heteroatoms. The Labute approximate surface area is 162 Å². The first-order valence-corrected chi connectivity index (χ1v) is 9.68. The van der Waals surface area contributed by atoms with Gasteiger partial charge in [-0.1, -0.05) is 18.2 Å². The summed E-state index contributed by atoms with van der Waals surface area (Å²) in [6.45, 7) is 2.17. The van der Waals surface area contributed by atoms with Crippen LogP contribution in [-0.2, 0) is 4.79 Å². The van der Waals surface area contributed by atoms with E-state index in [-0.39, 0.29) is 11.8 Å². The number of para-hydroxylation sites is 2. The number of anilines is 1. The highest BCUT2D eigenvalue weighted by Gasteiger charge is 2.32. The lowest BCUT2D eigenvalue weighted by molar-refractivity contribution is -0.135. The van der Waals surface area contributed by atoms with Crippen molar-refractivity contribution in [1.29, 1.82) is 0 Å². The zero-order valence-corrected chi connectivity index (χ0v) is 15.5. The first-order valence-electron chi connectivity index (χ1n) is 9.68. The van der Waals surface area contributed by atoms with Gasteiger partial charge >= 0.3 is 0 Å². The van der Waals surface area contributed by atoms with Crippen molar-refractivity contribution in [1.82, 2.24) is 15.0 Å². The molecule has 2 aliphatic heterocycles. The lowest BCUT2D eigenvalue weighted by atomic mass is 9.96. The monoisotopic (exact) mass is 375 g/mol. The highest BCUT2D eigenvalue weighted by atomic mass is 16.4. The molecule has 3 aromatic rings. The minimum Gasteiger partial charge on any atom is -0.423 e. The molecule has 1 aromatic carbocycles. The summed E-state index contributed by atoms with van der Waals surface area (Å²) in [6, 6.07) is 12.3. The van der Waals surface area contributed by atoms with Gasteiger partial charge in [-0.15, -0.1) is 0 Å². The van der Waals surface area contributed by atoms with Crippen molar-refractivity contribution in [3.05, 3.63) is 54.4 Å². The number of benzene rings is 1. The van der Waals surface area contributed by atoms with E-state index < -0.39 is 0 Å². The minimum atomic E-state index is -0.00220. The van der Waals surface area contributed by atoms with Crippen LogP contribution in [0.4, 0.5) is 6.01 Å². The number of hydrogen-bond acceptors (Lipinski definition) is 6. The number of amides is 1. The van der Waals surface area contributed by atoms with Crippen LogP contribution < -0.4 is 4.90 Å². The van der Waals surface area contributed by atoms with E-state index in [1.165, 1.54) is 0 Å². The Bertz CT molecular complexity index is 988. The van der Waals surface area contributed by atoms with Crippen LogP contribution in [0.25, 0.3) is 11.1 Å². The molecule has 7 nitrogen and oxygen atoms in total. The van der Waals surface area contributed by atoms with Gasteiger partial charge in [0.1, 0.15) is 5.52 Å². The molecule has 0 aliphatic carbocycles. The number of aromatic nitrogens is 2. The predicted octanol–water partition coefficient (Wildman–Crippen LogP) is 3.08. The maximum atomic E-state index is 12.9. The second-order valence-electron chi connectivity index (χ2n) is 7.23. The quantitative estimate of drug-likeness (QED) is 0.703. The zero-order chi connectivity index (χ0) is 18.9. The van der Waals surface area contributed by atoms with Crippen LogP contribution in [0.1, 0.15) is 24.8 Å². The van der Waals surface area contributed by atoms with E-state index in [0.29, 0.717) is 12.6 Å². The molecule has 0 spiro atoms. The Morgan fingerprint density at radius 3 is 2.71 bits per heavy atom. The Morgan fingerprint density at radius 1 is 1.07 bits per heavy atom. The lowest BCUT2D eigenvalue weighted by Crippen LogP contribution is -2.40. The first kappa shape index (κ1) is 16.9. The molecular formula is C21H21N5O2. The number of hydrogen-bond donors (Lipinski definition) is 0. The summed E-state index contributed by atoms with van der Waals surface area (Å²) in [5.41, 5.74) is 3.59. The average Bonchev–Trinajstić information content (AvgIpc) is 3.41.